The van der Waals surface area contributed by atoms with Gasteiger partial charge in [-0.05, 0) is 32.2 Å². The molecule has 3 atom stereocenters. The molecule has 0 aromatic carbocycles. The van der Waals surface area contributed by atoms with Crippen molar-refractivity contribution in [2.24, 2.45) is 5.92 Å². The summed E-state index contributed by atoms with van der Waals surface area (Å²) in [5, 5.41) is 0. The number of rotatable bonds is 2. The molecule has 0 aliphatic carbocycles. The second-order valence-corrected chi connectivity index (χ2v) is 5.90. The normalized spacial score (nSPS) is 29.0. The standard InChI is InChI=1S/C14H25N2O3.CH3.Yb/c1-9-10(2)15(5)13(18)11(8-12(17)19-7)16(6)14(9,3)4;;/h9-11H,6,8H2,1-5,7H3;1H3;/q2*-1;+2. The molecular weight excluding hydrogens is 429 g/mol. The summed E-state index contributed by atoms with van der Waals surface area (Å²) in [6.45, 7) is 8.24. The molecule has 130 valence electrons. The van der Waals surface area contributed by atoms with Gasteiger partial charge in [0.15, 0.2) is 0 Å². The van der Waals surface area contributed by atoms with Crippen LogP contribution in [0.5, 0.6) is 0 Å². The van der Waals surface area contributed by atoms with Crippen molar-refractivity contribution in [3.05, 3.63) is 14.5 Å². The maximum absolute atomic E-state index is 12.5. The third-order valence-corrected chi connectivity index (χ3v) is 4.79. The zero-order valence-corrected chi connectivity index (χ0v) is 15.7. The largest absolute Gasteiger partial charge is 2.00 e. The quantitative estimate of drug-likeness (QED) is 0.468. The van der Waals surface area contributed by atoms with Gasteiger partial charge in [-0.1, -0.05) is 6.92 Å². The van der Waals surface area contributed by atoms with E-state index in [1.807, 2.05) is 6.92 Å². The molecule has 1 amide bonds. The van der Waals surface area contributed by atoms with Crippen molar-refractivity contribution in [2.75, 3.05) is 14.2 Å². The fraction of sp³-hybridized carbons (Fsp3) is 0.733. The van der Waals surface area contributed by atoms with Crippen molar-refractivity contribution < 1.29 is 61.2 Å². The summed E-state index contributed by atoms with van der Waals surface area (Å²) in [5.41, 5.74) is -0.279. The smallest absolute Gasteiger partial charge is 0.469 e. The van der Waals surface area contributed by atoms with Gasteiger partial charge >= 0.3 is 52.9 Å². The van der Waals surface area contributed by atoms with Crippen molar-refractivity contribution in [3.63, 3.8) is 0 Å². The molecule has 1 aliphatic rings. The van der Waals surface area contributed by atoms with E-state index in [1.165, 1.54) is 7.11 Å². The van der Waals surface area contributed by atoms with E-state index in [0.29, 0.717) is 0 Å². The number of methoxy groups -OCH3 is 1. The van der Waals surface area contributed by atoms with Gasteiger partial charge in [-0.15, -0.1) is 0 Å². The molecule has 1 aliphatic heterocycles. The molecule has 0 radical (unpaired) electrons. The Morgan fingerprint density at radius 3 is 2.29 bits per heavy atom. The maximum atomic E-state index is 12.5. The van der Waals surface area contributed by atoms with E-state index in [1.54, 1.807) is 16.8 Å². The summed E-state index contributed by atoms with van der Waals surface area (Å²) in [7, 11) is 7.14. The van der Waals surface area contributed by atoms with Crippen LogP contribution in [-0.4, -0.2) is 53.5 Å². The molecule has 0 spiro atoms. The Kier molecular flexibility index (Phi) is 10.0. The number of hydrogen-bond acceptors (Lipinski definition) is 4. The van der Waals surface area contributed by atoms with E-state index < -0.39 is 12.0 Å². The average molecular weight is 457 g/mol. The Bertz CT molecular complexity index is 374. The number of hydrogen-bond donors (Lipinski definition) is 0. The molecule has 21 heavy (non-hydrogen) atoms. The van der Waals surface area contributed by atoms with Crippen LogP contribution in [0.15, 0.2) is 0 Å². The van der Waals surface area contributed by atoms with Crippen molar-refractivity contribution >= 4 is 11.9 Å². The molecular formula is C15H28N2O3Yb. The van der Waals surface area contributed by atoms with Crippen LogP contribution in [0, 0.1) is 67.3 Å². The number of ether oxygens (including phenoxy) is 1. The summed E-state index contributed by atoms with van der Waals surface area (Å²) < 4.78 is 4.68. The van der Waals surface area contributed by atoms with Crippen LogP contribution in [-0.2, 0) is 14.3 Å². The van der Waals surface area contributed by atoms with Gasteiger partial charge in [-0.2, -0.15) is 0 Å². The van der Waals surface area contributed by atoms with Crippen LogP contribution in [0.2, 0.25) is 0 Å². The molecule has 0 aromatic rings. The molecule has 1 saturated heterocycles. The van der Waals surface area contributed by atoms with Crippen LogP contribution in [0.1, 0.15) is 34.1 Å². The Balaban J connectivity index is 0. The van der Waals surface area contributed by atoms with Crippen LogP contribution >= 0.6 is 0 Å². The SMILES string of the molecule is [CH2-]N1C(CC(=O)OC)C(=O)N(C)C(C)C(C)C1(C)C.[CH3-].[Yb+2]. The van der Waals surface area contributed by atoms with E-state index in [4.69, 9.17) is 0 Å². The predicted octanol–water partition coefficient (Wildman–Crippen LogP) is 1.74. The van der Waals surface area contributed by atoms with Gasteiger partial charge in [-0.3, -0.25) is 16.6 Å². The van der Waals surface area contributed by atoms with Crippen molar-refractivity contribution in [1.82, 2.24) is 9.80 Å². The van der Waals surface area contributed by atoms with E-state index in [9.17, 15) is 9.59 Å². The first-order valence-corrected chi connectivity index (χ1v) is 6.57. The second kappa shape index (κ2) is 8.90. The molecule has 0 saturated carbocycles. The van der Waals surface area contributed by atoms with Gasteiger partial charge in [-0.25, -0.2) is 0 Å². The summed E-state index contributed by atoms with van der Waals surface area (Å²) in [5.74, 6) is -0.231. The van der Waals surface area contributed by atoms with Gasteiger partial charge in [0.05, 0.1) is 19.6 Å². The topological polar surface area (TPSA) is 49.9 Å². The number of likely N-dealkylation sites (N-methyl/N-ethyl adjacent to an activating group) is 1. The molecule has 1 fully saturated rings. The first-order chi connectivity index (χ1) is 8.64. The van der Waals surface area contributed by atoms with Gasteiger partial charge < -0.3 is 22.0 Å². The molecule has 0 N–H and O–H groups in total. The number of esters is 1. The fourth-order valence-electron chi connectivity index (χ4n) is 2.60. The van der Waals surface area contributed by atoms with Gasteiger partial charge in [0.25, 0.3) is 0 Å². The molecule has 3 unspecified atom stereocenters. The van der Waals surface area contributed by atoms with Crippen LogP contribution in [0.4, 0.5) is 0 Å². The van der Waals surface area contributed by atoms with Crippen molar-refractivity contribution in [2.45, 2.75) is 51.7 Å². The summed E-state index contributed by atoms with van der Waals surface area (Å²) >= 11 is 0. The second-order valence-electron chi connectivity index (χ2n) is 5.90. The van der Waals surface area contributed by atoms with Gasteiger partial charge in [0, 0.05) is 13.1 Å². The van der Waals surface area contributed by atoms with Crippen LogP contribution in [0.3, 0.4) is 0 Å². The van der Waals surface area contributed by atoms with Gasteiger partial charge in [0.1, 0.15) is 0 Å². The van der Waals surface area contributed by atoms with Crippen molar-refractivity contribution in [1.29, 1.82) is 0 Å². The Labute approximate surface area is 168 Å². The van der Waals surface area contributed by atoms with Crippen molar-refractivity contribution in [3.8, 4) is 0 Å². The molecule has 1 rings (SSSR count). The summed E-state index contributed by atoms with van der Waals surface area (Å²) in [6, 6.07) is -0.478. The minimum Gasteiger partial charge on any atom is -0.469 e. The van der Waals surface area contributed by atoms with Crippen LogP contribution in [0.25, 0.3) is 0 Å². The average Bonchev–Trinajstić information content (AvgIpc) is 2.42. The van der Waals surface area contributed by atoms with Gasteiger partial charge in [0.2, 0.25) is 5.91 Å². The Hall–Kier alpha value is 0.419. The van der Waals surface area contributed by atoms with E-state index in [0.717, 1.165) is 0 Å². The molecule has 6 heteroatoms. The third kappa shape index (κ3) is 4.69. The molecule has 0 aromatic heterocycles. The zero-order chi connectivity index (χ0) is 15.0. The number of carbonyl (C=O) groups excluding carboxylic acids is 2. The first kappa shape index (κ1) is 23.7. The van der Waals surface area contributed by atoms with E-state index in [-0.39, 0.29) is 84.2 Å². The maximum Gasteiger partial charge on any atom is 2.00 e. The Morgan fingerprint density at radius 1 is 1.38 bits per heavy atom. The predicted molar refractivity (Wildman–Crippen MR) is 79.5 cm³/mol. The monoisotopic (exact) mass is 458 g/mol. The minimum atomic E-state index is -0.570. The fourth-order valence-corrected chi connectivity index (χ4v) is 2.60. The number of carbonyl (C=O) groups is 2. The zero-order valence-electron chi connectivity index (χ0n) is 14.0. The number of nitrogens with zero attached hydrogens (tertiary/aromatic N) is 2. The summed E-state index contributed by atoms with van der Waals surface area (Å²) in [4.78, 5) is 27.5. The minimum absolute atomic E-state index is 0. The van der Waals surface area contributed by atoms with E-state index in [2.05, 4.69) is 32.6 Å². The Morgan fingerprint density at radius 2 is 1.86 bits per heavy atom. The molecule has 0 bridgehead atoms. The first-order valence-electron chi connectivity index (χ1n) is 6.57. The van der Waals surface area contributed by atoms with Crippen LogP contribution < -0.4 is 0 Å². The molecule has 5 nitrogen and oxygen atoms in total. The van der Waals surface area contributed by atoms with E-state index >= 15 is 0 Å². The third-order valence-electron chi connectivity index (χ3n) is 4.79. The number of amides is 1. The summed E-state index contributed by atoms with van der Waals surface area (Å²) in [6.07, 6.45) is 0.0338. The molecule has 1 heterocycles.